The summed E-state index contributed by atoms with van der Waals surface area (Å²) in [4.78, 5) is 28.3. The molecule has 0 bridgehead atoms. The van der Waals surface area contributed by atoms with E-state index in [0.717, 1.165) is 23.1 Å². The lowest BCUT2D eigenvalue weighted by molar-refractivity contribution is -0.132. The molecule has 2 heterocycles. The number of aryl methyl sites for hydroxylation is 2. The number of thioether (sulfide) groups is 1. The van der Waals surface area contributed by atoms with Crippen molar-refractivity contribution in [3.8, 4) is 5.75 Å². The third-order valence-corrected chi connectivity index (χ3v) is 8.77. The topological polar surface area (TPSA) is 92.6 Å². The molecule has 1 aliphatic heterocycles. The zero-order chi connectivity index (χ0) is 29.1. The summed E-state index contributed by atoms with van der Waals surface area (Å²) in [6.45, 7) is 6.32. The summed E-state index contributed by atoms with van der Waals surface area (Å²) in [5.74, 6) is -0.938. The molecular formula is C31H28FN3O4S2. The molecule has 3 aromatic carbocycles. The van der Waals surface area contributed by atoms with Crippen LogP contribution in [0.1, 0.15) is 47.2 Å². The number of aromatic nitrogens is 2. The SMILES string of the molecule is CCCOc1ccc(C2C(=C(O)c3cc(C)ccc3C)C(=O)C(=O)N2c2nnc(SCc3ccc(F)cc3)s2)cc1. The Kier molecular flexibility index (Phi) is 8.51. The standard InChI is InChI=1S/C31H28FN3O4S2/c1-4-15-39-23-13-9-21(10-14-23)26-25(27(36)24-16-18(2)5-6-19(24)3)28(37)29(38)35(26)30-33-34-31(41-30)40-17-20-7-11-22(32)12-8-20/h5-14,16,26,36H,4,15,17H2,1-3H3. The second-order valence-electron chi connectivity index (χ2n) is 9.67. The number of carbonyl (C=O) groups is 2. The van der Waals surface area contributed by atoms with Crippen molar-refractivity contribution in [2.75, 3.05) is 11.5 Å². The first-order valence-electron chi connectivity index (χ1n) is 13.1. The van der Waals surface area contributed by atoms with E-state index in [4.69, 9.17) is 4.74 Å². The number of Topliss-reactive ketones (excluding diaryl/α,β-unsaturated/α-hetero) is 1. The van der Waals surface area contributed by atoms with Crippen LogP contribution in [0.3, 0.4) is 0 Å². The zero-order valence-electron chi connectivity index (χ0n) is 22.8. The number of anilines is 1. The number of nitrogens with zero attached hydrogens (tertiary/aromatic N) is 3. The van der Waals surface area contributed by atoms with E-state index >= 15 is 0 Å². The molecule has 10 heteroatoms. The molecule has 4 aromatic rings. The van der Waals surface area contributed by atoms with Gasteiger partial charge in [0.05, 0.1) is 18.2 Å². The molecule has 1 N–H and O–H groups in total. The van der Waals surface area contributed by atoms with Crippen LogP contribution in [-0.4, -0.2) is 33.6 Å². The summed E-state index contributed by atoms with van der Waals surface area (Å²) in [7, 11) is 0. The minimum absolute atomic E-state index is 0.0124. The Hall–Kier alpha value is -4.02. The van der Waals surface area contributed by atoms with Crippen LogP contribution in [0.25, 0.3) is 5.76 Å². The van der Waals surface area contributed by atoms with Crippen molar-refractivity contribution >= 4 is 45.7 Å². The molecule has 5 rings (SSSR count). The first-order valence-corrected chi connectivity index (χ1v) is 14.9. The summed E-state index contributed by atoms with van der Waals surface area (Å²) in [6, 6.07) is 18.0. The Morgan fingerprint density at radius 2 is 1.78 bits per heavy atom. The summed E-state index contributed by atoms with van der Waals surface area (Å²) in [5.41, 5.74) is 3.69. The first-order chi connectivity index (χ1) is 19.8. The largest absolute Gasteiger partial charge is 0.507 e. The van der Waals surface area contributed by atoms with Gasteiger partial charge in [0.15, 0.2) is 4.34 Å². The average molecular weight is 590 g/mol. The summed E-state index contributed by atoms with van der Waals surface area (Å²) >= 11 is 2.57. The van der Waals surface area contributed by atoms with Crippen LogP contribution in [0.4, 0.5) is 9.52 Å². The summed E-state index contributed by atoms with van der Waals surface area (Å²) in [6.07, 6.45) is 0.857. The fraction of sp³-hybridized carbons (Fsp3) is 0.226. The van der Waals surface area contributed by atoms with Crippen molar-refractivity contribution in [3.63, 3.8) is 0 Å². The summed E-state index contributed by atoms with van der Waals surface area (Å²) < 4.78 is 19.6. The van der Waals surface area contributed by atoms with Crippen molar-refractivity contribution in [2.24, 2.45) is 0 Å². The van der Waals surface area contributed by atoms with Gasteiger partial charge in [-0.2, -0.15) is 0 Å². The molecule has 7 nitrogen and oxygen atoms in total. The molecule has 0 radical (unpaired) electrons. The Balaban J connectivity index is 1.54. The van der Waals surface area contributed by atoms with Crippen LogP contribution in [0.2, 0.25) is 0 Å². The lowest BCUT2D eigenvalue weighted by atomic mass is 9.93. The molecule has 0 spiro atoms. The highest BCUT2D eigenvalue weighted by Gasteiger charge is 2.48. The Morgan fingerprint density at radius 1 is 1.05 bits per heavy atom. The van der Waals surface area contributed by atoms with Gasteiger partial charge >= 0.3 is 5.91 Å². The number of aliphatic hydroxyl groups excluding tert-OH is 1. The molecule has 0 saturated carbocycles. The van der Waals surface area contributed by atoms with Crippen LogP contribution >= 0.6 is 23.1 Å². The number of benzene rings is 3. The van der Waals surface area contributed by atoms with Gasteiger partial charge in [-0.05, 0) is 67.3 Å². The van der Waals surface area contributed by atoms with Gasteiger partial charge in [0, 0.05) is 11.3 Å². The maximum Gasteiger partial charge on any atom is 0.301 e. The Bertz CT molecular complexity index is 1620. The fourth-order valence-electron chi connectivity index (χ4n) is 4.53. The number of carbonyl (C=O) groups excluding carboxylic acids is 2. The molecule has 1 aliphatic rings. The van der Waals surface area contributed by atoms with Crippen molar-refractivity contribution in [3.05, 3.63) is 106 Å². The van der Waals surface area contributed by atoms with E-state index in [-0.39, 0.29) is 22.3 Å². The average Bonchev–Trinajstić information content (AvgIpc) is 3.54. The van der Waals surface area contributed by atoms with Gasteiger partial charge in [0.25, 0.3) is 5.78 Å². The molecule has 1 saturated heterocycles. The van der Waals surface area contributed by atoms with Crippen LogP contribution in [0.15, 0.2) is 76.6 Å². The van der Waals surface area contributed by atoms with E-state index in [1.54, 1.807) is 42.5 Å². The van der Waals surface area contributed by atoms with Gasteiger partial charge in [-0.15, -0.1) is 10.2 Å². The highest BCUT2D eigenvalue weighted by molar-refractivity contribution is 8.00. The third-order valence-electron chi connectivity index (χ3n) is 6.64. The predicted octanol–water partition coefficient (Wildman–Crippen LogP) is 7.00. The van der Waals surface area contributed by atoms with E-state index in [2.05, 4.69) is 10.2 Å². The number of aliphatic hydroxyl groups is 1. The second kappa shape index (κ2) is 12.2. The lowest BCUT2D eigenvalue weighted by Gasteiger charge is -2.23. The maximum absolute atomic E-state index is 13.5. The quantitative estimate of drug-likeness (QED) is 0.0739. The fourth-order valence-corrected chi connectivity index (χ4v) is 6.35. The second-order valence-corrected chi connectivity index (χ2v) is 11.8. The van der Waals surface area contributed by atoms with Crippen molar-refractivity contribution in [1.29, 1.82) is 0 Å². The normalized spacial score (nSPS) is 16.4. The smallest absolute Gasteiger partial charge is 0.301 e. The van der Waals surface area contributed by atoms with Gasteiger partial charge in [0.2, 0.25) is 5.13 Å². The van der Waals surface area contributed by atoms with Crippen molar-refractivity contribution in [1.82, 2.24) is 10.2 Å². The molecule has 1 atom stereocenters. The van der Waals surface area contributed by atoms with Crippen molar-refractivity contribution < 1.29 is 23.8 Å². The van der Waals surface area contributed by atoms with E-state index in [0.29, 0.717) is 33.6 Å². The molecule has 1 unspecified atom stereocenters. The van der Waals surface area contributed by atoms with E-state index in [1.807, 2.05) is 32.9 Å². The molecular weight excluding hydrogens is 561 g/mol. The zero-order valence-corrected chi connectivity index (χ0v) is 24.4. The number of amides is 1. The molecule has 1 amide bonds. The van der Waals surface area contributed by atoms with Crippen LogP contribution in [0, 0.1) is 19.7 Å². The van der Waals surface area contributed by atoms with Crippen molar-refractivity contribution in [2.45, 2.75) is 43.3 Å². The number of hydrogen-bond acceptors (Lipinski definition) is 8. The minimum atomic E-state index is -0.918. The van der Waals surface area contributed by atoms with Gasteiger partial charge in [-0.3, -0.25) is 14.5 Å². The highest BCUT2D eigenvalue weighted by Crippen LogP contribution is 2.44. The van der Waals surface area contributed by atoms with E-state index in [1.165, 1.54) is 40.1 Å². The van der Waals surface area contributed by atoms with Crippen LogP contribution in [0.5, 0.6) is 5.75 Å². The Morgan fingerprint density at radius 3 is 2.49 bits per heavy atom. The van der Waals surface area contributed by atoms with Gasteiger partial charge in [-0.25, -0.2) is 4.39 Å². The van der Waals surface area contributed by atoms with Crippen LogP contribution in [-0.2, 0) is 15.3 Å². The van der Waals surface area contributed by atoms with Gasteiger partial charge in [0.1, 0.15) is 17.3 Å². The number of ether oxygens (including phenoxy) is 1. The van der Waals surface area contributed by atoms with Crippen LogP contribution < -0.4 is 9.64 Å². The maximum atomic E-state index is 13.5. The Labute approximate surface area is 245 Å². The van der Waals surface area contributed by atoms with E-state index < -0.39 is 17.7 Å². The third kappa shape index (κ3) is 6.03. The molecule has 1 aromatic heterocycles. The van der Waals surface area contributed by atoms with Gasteiger partial charge < -0.3 is 9.84 Å². The number of ketones is 1. The molecule has 210 valence electrons. The predicted molar refractivity (Wildman–Crippen MR) is 159 cm³/mol. The molecule has 1 fully saturated rings. The minimum Gasteiger partial charge on any atom is -0.507 e. The highest BCUT2D eigenvalue weighted by atomic mass is 32.2. The summed E-state index contributed by atoms with van der Waals surface area (Å²) in [5, 5.41) is 20.2. The lowest BCUT2D eigenvalue weighted by Crippen LogP contribution is -2.29. The molecule has 41 heavy (non-hydrogen) atoms. The number of halogens is 1. The van der Waals surface area contributed by atoms with E-state index in [9.17, 15) is 19.1 Å². The molecule has 0 aliphatic carbocycles. The number of rotatable bonds is 9. The first kappa shape index (κ1) is 28.5. The van der Waals surface area contributed by atoms with Gasteiger partial charge in [-0.1, -0.05) is 72.0 Å². The number of hydrogen-bond donors (Lipinski definition) is 1. The monoisotopic (exact) mass is 589 g/mol.